The Balaban J connectivity index is 1.59. The van der Waals surface area contributed by atoms with E-state index >= 15 is 0 Å². The number of hydrogen-bond donors (Lipinski definition) is 2. The van der Waals surface area contributed by atoms with Crippen molar-refractivity contribution in [2.75, 3.05) is 23.7 Å². The highest BCUT2D eigenvalue weighted by Gasteiger charge is 2.17. The van der Waals surface area contributed by atoms with Crippen LogP contribution in [0.25, 0.3) is 0 Å². The molecule has 0 spiro atoms. The van der Waals surface area contributed by atoms with Gasteiger partial charge in [0.15, 0.2) is 0 Å². The van der Waals surface area contributed by atoms with Crippen molar-refractivity contribution in [3.05, 3.63) is 42.2 Å². The van der Waals surface area contributed by atoms with E-state index in [9.17, 15) is 0 Å². The van der Waals surface area contributed by atoms with Gasteiger partial charge in [0, 0.05) is 32.0 Å². The Morgan fingerprint density at radius 3 is 3.17 bits per heavy atom. The lowest BCUT2D eigenvalue weighted by Gasteiger charge is -2.26. The largest absolute Gasteiger partial charge is 0.384 e. The Bertz CT molecular complexity index is 532. The van der Waals surface area contributed by atoms with E-state index < -0.39 is 0 Å². The maximum atomic E-state index is 4.15. The zero-order chi connectivity index (χ0) is 12.4. The second-order valence-corrected chi connectivity index (χ2v) is 4.89. The molecule has 1 aromatic carbocycles. The van der Waals surface area contributed by atoms with Gasteiger partial charge in [0.1, 0.15) is 0 Å². The van der Waals surface area contributed by atoms with E-state index in [1.54, 1.807) is 0 Å². The lowest BCUT2D eigenvalue weighted by atomic mass is 9.94. The van der Waals surface area contributed by atoms with E-state index in [1.807, 2.05) is 24.1 Å². The molecular weight excluding hydrogens is 224 g/mol. The summed E-state index contributed by atoms with van der Waals surface area (Å²) in [5, 5.41) is 11.1. The van der Waals surface area contributed by atoms with Crippen LogP contribution in [0, 0.1) is 5.92 Å². The van der Waals surface area contributed by atoms with Crippen LogP contribution in [-0.2, 0) is 13.5 Å². The van der Waals surface area contributed by atoms with Gasteiger partial charge >= 0.3 is 0 Å². The lowest BCUT2D eigenvalue weighted by Crippen LogP contribution is -2.28. The summed E-state index contributed by atoms with van der Waals surface area (Å²) in [6.45, 7) is 2.01. The molecule has 1 aliphatic rings. The summed E-state index contributed by atoms with van der Waals surface area (Å²) in [7, 11) is 1.93. The van der Waals surface area contributed by atoms with Crippen molar-refractivity contribution in [2.45, 2.75) is 6.42 Å². The van der Waals surface area contributed by atoms with E-state index in [-0.39, 0.29) is 0 Å². The third kappa shape index (κ3) is 2.32. The average Bonchev–Trinajstić information content (AvgIpc) is 2.82. The number of nitrogens with zero attached hydrogens (tertiary/aromatic N) is 2. The van der Waals surface area contributed by atoms with Crippen LogP contribution >= 0.6 is 0 Å². The van der Waals surface area contributed by atoms with Crippen LogP contribution in [0.3, 0.4) is 0 Å². The molecule has 2 heterocycles. The van der Waals surface area contributed by atoms with Crippen LogP contribution in [0.2, 0.25) is 0 Å². The first-order chi connectivity index (χ1) is 8.81. The zero-order valence-electron chi connectivity index (χ0n) is 10.6. The Kier molecular flexibility index (Phi) is 2.92. The Morgan fingerprint density at radius 2 is 2.33 bits per heavy atom. The highest BCUT2D eigenvalue weighted by atomic mass is 15.3. The average molecular weight is 242 g/mol. The number of rotatable bonds is 3. The number of nitrogens with one attached hydrogen (secondary N) is 2. The summed E-state index contributed by atoms with van der Waals surface area (Å²) < 4.78 is 1.82. The second kappa shape index (κ2) is 4.72. The lowest BCUT2D eigenvalue weighted by molar-refractivity contribution is 0.566. The van der Waals surface area contributed by atoms with Gasteiger partial charge in [-0.3, -0.25) is 4.68 Å². The highest BCUT2D eigenvalue weighted by molar-refractivity contribution is 5.53. The molecule has 0 amide bonds. The summed E-state index contributed by atoms with van der Waals surface area (Å²) >= 11 is 0. The monoisotopic (exact) mass is 242 g/mol. The topological polar surface area (TPSA) is 41.9 Å². The molecule has 1 aromatic heterocycles. The summed E-state index contributed by atoms with van der Waals surface area (Å²) in [4.78, 5) is 0. The summed E-state index contributed by atoms with van der Waals surface area (Å²) in [6, 6.07) is 8.55. The molecule has 2 aromatic rings. The van der Waals surface area contributed by atoms with Gasteiger partial charge in [0.05, 0.1) is 11.9 Å². The molecule has 18 heavy (non-hydrogen) atoms. The van der Waals surface area contributed by atoms with Crippen LogP contribution in [0.5, 0.6) is 0 Å². The van der Waals surface area contributed by atoms with E-state index in [0.717, 1.165) is 25.2 Å². The van der Waals surface area contributed by atoms with Crippen molar-refractivity contribution >= 4 is 11.4 Å². The van der Waals surface area contributed by atoms with Crippen LogP contribution in [-0.4, -0.2) is 22.9 Å². The zero-order valence-corrected chi connectivity index (χ0v) is 10.6. The second-order valence-electron chi connectivity index (χ2n) is 4.89. The minimum Gasteiger partial charge on any atom is -0.384 e. The van der Waals surface area contributed by atoms with Gasteiger partial charge in [-0.2, -0.15) is 5.10 Å². The number of fused-ring (bicyclic) bond motifs is 1. The number of para-hydroxylation sites is 1. The van der Waals surface area contributed by atoms with Crippen molar-refractivity contribution in [3.63, 3.8) is 0 Å². The number of aromatic nitrogens is 2. The fraction of sp³-hybridized carbons (Fsp3) is 0.357. The van der Waals surface area contributed by atoms with Crippen molar-refractivity contribution in [1.29, 1.82) is 0 Å². The van der Waals surface area contributed by atoms with E-state index in [2.05, 4.69) is 40.0 Å². The first kappa shape index (κ1) is 11.1. The van der Waals surface area contributed by atoms with Crippen LogP contribution in [0.15, 0.2) is 36.7 Å². The SMILES string of the molecule is Cn1cc(NCC2CNc3ccccc3C2)cn1. The van der Waals surface area contributed by atoms with E-state index in [4.69, 9.17) is 0 Å². The predicted molar refractivity (Wildman–Crippen MR) is 73.8 cm³/mol. The van der Waals surface area contributed by atoms with Crippen LogP contribution < -0.4 is 10.6 Å². The molecule has 1 unspecified atom stereocenters. The molecule has 0 fully saturated rings. The molecule has 2 N–H and O–H groups in total. The third-order valence-corrected chi connectivity index (χ3v) is 3.41. The summed E-state index contributed by atoms with van der Waals surface area (Å²) in [5.74, 6) is 0.625. The molecule has 94 valence electrons. The first-order valence-corrected chi connectivity index (χ1v) is 6.35. The quantitative estimate of drug-likeness (QED) is 0.866. The molecule has 4 nitrogen and oxygen atoms in total. The van der Waals surface area contributed by atoms with E-state index in [0.29, 0.717) is 5.92 Å². The van der Waals surface area contributed by atoms with Crippen LogP contribution in [0.4, 0.5) is 11.4 Å². The van der Waals surface area contributed by atoms with Gasteiger partial charge in [-0.05, 0) is 24.0 Å². The fourth-order valence-electron chi connectivity index (χ4n) is 2.43. The normalized spacial score (nSPS) is 17.9. The first-order valence-electron chi connectivity index (χ1n) is 6.35. The summed E-state index contributed by atoms with van der Waals surface area (Å²) in [5.41, 5.74) is 3.80. The third-order valence-electron chi connectivity index (χ3n) is 3.41. The molecule has 0 bridgehead atoms. The molecule has 3 rings (SSSR count). The van der Waals surface area contributed by atoms with Gasteiger partial charge < -0.3 is 10.6 Å². The maximum absolute atomic E-state index is 4.15. The molecule has 0 saturated heterocycles. The van der Waals surface area contributed by atoms with Gasteiger partial charge in [-0.25, -0.2) is 0 Å². The standard InChI is InChI=1S/C14H18N4/c1-18-10-13(9-17-18)15-7-11-6-12-4-2-3-5-14(12)16-8-11/h2-5,9-11,15-16H,6-8H2,1H3. The number of anilines is 2. The molecule has 4 heteroatoms. The van der Waals surface area contributed by atoms with Crippen molar-refractivity contribution < 1.29 is 0 Å². The van der Waals surface area contributed by atoms with E-state index in [1.165, 1.54) is 11.3 Å². The summed E-state index contributed by atoms with van der Waals surface area (Å²) in [6.07, 6.45) is 5.00. The van der Waals surface area contributed by atoms with Gasteiger partial charge in [0.25, 0.3) is 0 Å². The van der Waals surface area contributed by atoms with Gasteiger partial charge in [-0.1, -0.05) is 18.2 Å². The molecule has 0 radical (unpaired) electrons. The van der Waals surface area contributed by atoms with Gasteiger partial charge in [-0.15, -0.1) is 0 Å². The molecule has 1 aliphatic heterocycles. The van der Waals surface area contributed by atoms with Crippen molar-refractivity contribution in [2.24, 2.45) is 13.0 Å². The minimum atomic E-state index is 0.625. The van der Waals surface area contributed by atoms with Gasteiger partial charge in [0.2, 0.25) is 0 Å². The smallest absolute Gasteiger partial charge is 0.0726 e. The molecule has 0 saturated carbocycles. The molecular formula is C14H18N4. The number of benzene rings is 1. The molecule has 0 aliphatic carbocycles. The predicted octanol–water partition coefficient (Wildman–Crippen LogP) is 2.12. The Morgan fingerprint density at radius 1 is 1.44 bits per heavy atom. The number of hydrogen-bond acceptors (Lipinski definition) is 3. The fourth-order valence-corrected chi connectivity index (χ4v) is 2.43. The maximum Gasteiger partial charge on any atom is 0.0726 e. The van der Waals surface area contributed by atoms with Crippen LogP contribution in [0.1, 0.15) is 5.56 Å². The minimum absolute atomic E-state index is 0.625. The Labute approximate surface area is 107 Å². The Hall–Kier alpha value is -1.97. The highest BCUT2D eigenvalue weighted by Crippen LogP contribution is 2.24. The van der Waals surface area contributed by atoms with Crippen molar-refractivity contribution in [1.82, 2.24) is 9.78 Å². The molecule has 1 atom stereocenters. The number of aryl methyl sites for hydroxylation is 1. The van der Waals surface area contributed by atoms with Crippen molar-refractivity contribution in [3.8, 4) is 0 Å².